The molecule has 0 saturated carbocycles. The van der Waals surface area contributed by atoms with Crippen LogP contribution in [0.2, 0.25) is 0 Å². The summed E-state index contributed by atoms with van der Waals surface area (Å²) in [6.07, 6.45) is 0. The van der Waals surface area contributed by atoms with Gasteiger partial charge < -0.3 is 11.1 Å². The maximum Gasteiger partial charge on any atom is 0.257 e. The number of anilines is 2. The van der Waals surface area contributed by atoms with Crippen molar-refractivity contribution in [1.82, 2.24) is 5.32 Å². The first-order valence-electron chi connectivity index (χ1n) is 5.68. The molecule has 0 aliphatic heterocycles. The summed E-state index contributed by atoms with van der Waals surface area (Å²) in [4.78, 5) is 11.8. The van der Waals surface area contributed by atoms with Crippen molar-refractivity contribution in [2.75, 3.05) is 11.1 Å². The van der Waals surface area contributed by atoms with Gasteiger partial charge in [0.05, 0.1) is 0 Å². The van der Waals surface area contributed by atoms with E-state index in [0.717, 1.165) is 5.69 Å². The molecule has 0 atom stereocenters. The third kappa shape index (κ3) is 3.79. The van der Waals surface area contributed by atoms with Crippen LogP contribution in [0.5, 0.6) is 0 Å². The molecule has 0 fully saturated rings. The molecule has 0 aromatic heterocycles. The highest BCUT2D eigenvalue weighted by atomic mass is 32.1. The van der Waals surface area contributed by atoms with E-state index in [1.54, 1.807) is 48.5 Å². The molecule has 0 spiro atoms. The molecule has 4 nitrogen and oxygen atoms in total. The highest BCUT2D eigenvalue weighted by molar-refractivity contribution is 7.80. The number of nitrogens with one attached hydrogen (secondary N) is 2. The normalized spacial score (nSPS) is 9.68. The topological polar surface area (TPSA) is 67.2 Å². The Balaban J connectivity index is 1.95. The molecule has 19 heavy (non-hydrogen) atoms. The fourth-order valence-corrected chi connectivity index (χ4v) is 1.70. The first kappa shape index (κ1) is 13.0. The summed E-state index contributed by atoms with van der Waals surface area (Å²) in [5, 5.41) is 5.77. The van der Waals surface area contributed by atoms with Crippen LogP contribution in [-0.4, -0.2) is 11.0 Å². The van der Waals surface area contributed by atoms with Crippen LogP contribution in [0.1, 0.15) is 10.4 Å². The first-order chi connectivity index (χ1) is 9.15. The van der Waals surface area contributed by atoms with E-state index in [9.17, 15) is 4.79 Å². The van der Waals surface area contributed by atoms with Crippen LogP contribution in [-0.2, 0) is 0 Å². The average Bonchev–Trinajstić information content (AvgIpc) is 2.42. The summed E-state index contributed by atoms with van der Waals surface area (Å²) in [7, 11) is 0. The molecular weight excluding hydrogens is 258 g/mol. The fraction of sp³-hybridized carbons (Fsp3) is 0. The molecule has 4 N–H and O–H groups in total. The van der Waals surface area contributed by atoms with Crippen molar-refractivity contribution in [2.45, 2.75) is 0 Å². The van der Waals surface area contributed by atoms with Gasteiger partial charge in [-0.3, -0.25) is 10.1 Å². The number of carbonyl (C=O) groups is 1. The third-order valence-electron chi connectivity index (χ3n) is 2.43. The zero-order valence-electron chi connectivity index (χ0n) is 10.1. The minimum Gasteiger partial charge on any atom is -0.399 e. The van der Waals surface area contributed by atoms with Gasteiger partial charge in [0, 0.05) is 16.9 Å². The highest BCUT2D eigenvalue weighted by Gasteiger charge is 2.06. The molecule has 0 radical (unpaired) electrons. The summed E-state index contributed by atoms with van der Waals surface area (Å²) < 4.78 is 0. The first-order valence-corrected chi connectivity index (χ1v) is 6.09. The van der Waals surface area contributed by atoms with Crippen molar-refractivity contribution in [3.05, 3.63) is 60.2 Å². The van der Waals surface area contributed by atoms with E-state index in [-0.39, 0.29) is 11.0 Å². The van der Waals surface area contributed by atoms with Gasteiger partial charge in [-0.25, -0.2) is 0 Å². The summed E-state index contributed by atoms with van der Waals surface area (Å²) in [5.74, 6) is -0.242. The Labute approximate surface area is 116 Å². The summed E-state index contributed by atoms with van der Waals surface area (Å²) >= 11 is 5.07. The molecule has 5 heteroatoms. The number of benzene rings is 2. The Bertz CT molecular complexity index is 581. The molecule has 1 amide bonds. The van der Waals surface area contributed by atoms with E-state index in [1.165, 1.54) is 0 Å². The van der Waals surface area contributed by atoms with Crippen molar-refractivity contribution in [2.24, 2.45) is 0 Å². The molecule has 0 aliphatic carbocycles. The smallest absolute Gasteiger partial charge is 0.257 e. The Kier molecular flexibility index (Phi) is 4.10. The lowest BCUT2D eigenvalue weighted by Crippen LogP contribution is -2.34. The van der Waals surface area contributed by atoms with Gasteiger partial charge in [0.1, 0.15) is 0 Å². The molecule has 0 saturated heterocycles. The Morgan fingerprint density at radius 2 is 1.63 bits per heavy atom. The molecule has 0 unspecified atom stereocenters. The standard InChI is InChI=1S/C14H13N3OS/c15-11-6-8-12(9-7-11)16-14(19)17-13(18)10-4-2-1-3-5-10/h1-9H,15H2,(H2,16,17,18,19). The number of nitrogen functional groups attached to an aromatic ring is 1. The van der Waals surface area contributed by atoms with Gasteiger partial charge in [-0.2, -0.15) is 0 Å². The van der Waals surface area contributed by atoms with E-state index in [0.29, 0.717) is 11.3 Å². The van der Waals surface area contributed by atoms with E-state index < -0.39 is 0 Å². The molecule has 2 aromatic rings. The number of hydrogen-bond donors (Lipinski definition) is 3. The van der Waals surface area contributed by atoms with E-state index >= 15 is 0 Å². The molecule has 0 bridgehead atoms. The van der Waals surface area contributed by atoms with Crippen LogP contribution in [0.25, 0.3) is 0 Å². The van der Waals surface area contributed by atoms with Crippen molar-refractivity contribution in [1.29, 1.82) is 0 Å². The van der Waals surface area contributed by atoms with Gasteiger partial charge in [-0.15, -0.1) is 0 Å². The molecule has 96 valence electrons. The largest absolute Gasteiger partial charge is 0.399 e. The molecule has 0 heterocycles. The highest BCUT2D eigenvalue weighted by Crippen LogP contribution is 2.10. The van der Waals surface area contributed by atoms with Gasteiger partial charge in [0.15, 0.2) is 5.11 Å². The predicted octanol–water partition coefficient (Wildman–Crippen LogP) is 2.40. The van der Waals surface area contributed by atoms with Gasteiger partial charge >= 0.3 is 0 Å². The summed E-state index contributed by atoms with van der Waals surface area (Å²) in [6.45, 7) is 0. The SMILES string of the molecule is Nc1ccc(NC(=S)NC(=O)c2ccccc2)cc1. The lowest BCUT2D eigenvalue weighted by atomic mass is 10.2. The van der Waals surface area contributed by atoms with E-state index in [2.05, 4.69) is 10.6 Å². The van der Waals surface area contributed by atoms with Crippen LogP contribution in [0, 0.1) is 0 Å². The van der Waals surface area contributed by atoms with Crippen molar-refractivity contribution < 1.29 is 4.79 Å². The molecule has 2 aromatic carbocycles. The zero-order chi connectivity index (χ0) is 13.7. The number of thiocarbonyl (C=S) groups is 1. The number of amides is 1. The molecular formula is C14H13N3OS. The van der Waals surface area contributed by atoms with Crippen LogP contribution < -0.4 is 16.4 Å². The number of hydrogen-bond acceptors (Lipinski definition) is 3. The number of nitrogens with two attached hydrogens (primary N) is 1. The minimum absolute atomic E-state index is 0.242. The van der Waals surface area contributed by atoms with Gasteiger partial charge in [-0.1, -0.05) is 18.2 Å². The second-order valence-corrected chi connectivity index (χ2v) is 4.30. The van der Waals surface area contributed by atoms with Gasteiger partial charge in [0.2, 0.25) is 0 Å². The summed E-state index contributed by atoms with van der Waals surface area (Å²) in [5.41, 5.74) is 7.59. The Morgan fingerprint density at radius 1 is 1.00 bits per heavy atom. The van der Waals surface area contributed by atoms with Crippen molar-refractivity contribution in [3.63, 3.8) is 0 Å². The monoisotopic (exact) mass is 271 g/mol. The lowest BCUT2D eigenvalue weighted by Gasteiger charge is -2.09. The maximum absolute atomic E-state index is 11.8. The average molecular weight is 271 g/mol. The van der Waals surface area contributed by atoms with Gasteiger partial charge in [-0.05, 0) is 48.6 Å². The number of rotatable bonds is 2. The second kappa shape index (κ2) is 5.97. The Hall–Kier alpha value is -2.40. The Morgan fingerprint density at radius 3 is 2.26 bits per heavy atom. The van der Waals surface area contributed by atoms with E-state index in [4.69, 9.17) is 18.0 Å². The van der Waals surface area contributed by atoms with Crippen LogP contribution in [0.4, 0.5) is 11.4 Å². The van der Waals surface area contributed by atoms with Crippen LogP contribution in [0.3, 0.4) is 0 Å². The maximum atomic E-state index is 11.8. The fourth-order valence-electron chi connectivity index (χ4n) is 1.49. The van der Waals surface area contributed by atoms with Crippen molar-refractivity contribution in [3.8, 4) is 0 Å². The van der Waals surface area contributed by atoms with Gasteiger partial charge in [0.25, 0.3) is 5.91 Å². The summed E-state index contributed by atoms with van der Waals surface area (Å²) in [6, 6.07) is 16.0. The van der Waals surface area contributed by atoms with Crippen molar-refractivity contribution >= 4 is 34.6 Å². The van der Waals surface area contributed by atoms with Crippen LogP contribution in [0.15, 0.2) is 54.6 Å². The lowest BCUT2D eigenvalue weighted by molar-refractivity contribution is 0.0978. The molecule has 0 aliphatic rings. The third-order valence-corrected chi connectivity index (χ3v) is 2.64. The second-order valence-electron chi connectivity index (χ2n) is 3.90. The zero-order valence-corrected chi connectivity index (χ0v) is 10.9. The minimum atomic E-state index is -0.242. The predicted molar refractivity (Wildman–Crippen MR) is 81.0 cm³/mol. The van der Waals surface area contributed by atoms with Crippen LogP contribution >= 0.6 is 12.2 Å². The van der Waals surface area contributed by atoms with E-state index in [1.807, 2.05) is 6.07 Å². The molecule has 2 rings (SSSR count). The quantitative estimate of drug-likeness (QED) is 0.579. The number of carbonyl (C=O) groups excluding carboxylic acids is 1.